The number of carbonyl (C=O) groups is 1. The first kappa shape index (κ1) is 17.8. The van der Waals surface area contributed by atoms with E-state index in [1.165, 1.54) is 19.3 Å². The molecule has 2 amide bonds. The number of urea groups is 1. The molecule has 1 aromatic rings. The van der Waals surface area contributed by atoms with E-state index in [2.05, 4.69) is 15.5 Å². The minimum Gasteiger partial charge on any atom is -0.423 e. The lowest BCUT2D eigenvalue weighted by molar-refractivity contribution is -0.0959. The minimum absolute atomic E-state index is 0.0483. The van der Waals surface area contributed by atoms with Crippen LogP contribution < -0.4 is 5.32 Å². The van der Waals surface area contributed by atoms with Crippen molar-refractivity contribution in [3.8, 4) is 0 Å². The van der Waals surface area contributed by atoms with E-state index in [9.17, 15) is 4.79 Å². The highest BCUT2D eigenvalue weighted by Gasteiger charge is 2.60. The van der Waals surface area contributed by atoms with Gasteiger partial charge in [0.2, 0.25) is 11.8 Å². The van der Waals surface area contributed by atoms with Crippen LogP contribution in [0.25, 0.3) is 0 Å². The molecule has 0 radical (unpaired) electrons. The molecule has 1 saturated heterocycles. The van der Waals surface area contributed by atoms with Crippen molar-refractivity contribution < 1.29 is 9.21 Å². The number of amides is 2. The lowest BCUT2D eigenvalue weighted by atomic mass is 9.67. The largest absolute Gasteiger partial charge is 0.423 e. The fraction of sp³-hybridized carbons (Fsp3) is 0.850. The van der Waals surface area contributed by atoms with E-state index >= 15 is 0 Å². The van der Waals surface area contributed by atoms with Crippen molar-refractivity contribution in [3.05, 3.63) is 11.8 Å². The summed E-state index contributed by atoms with van der Waals surface area (Å²) in [6.07, 6.45) is 11.0. The summed E-state index contributed by atoms with van der Waals surface area (Å²) in [6.45, 7) is 1.81. The van der Waals surface area contributed by atoms with Crippen molar-refractivity contribution in [3.63, 3.8) is 0 Å². The second-order valence-electron chi connectivity index (χ2n) is 9.11. The Morgan fingerprint density at radius 2 is 2.07 bits per heavy atom. The normalized spacial score (nSPS) is 38.8. The predicted octanol–water partition coefficient (Wildman–Crippen LogP) is 4.12. The summed E-state index contributed by atoms with van der Waals surface area (Å²) in [5.41, 5.74) is -0.384. The van der Waals surface area contributed by atoms with Crippen LogP contribution in [0.15, 0.2) is 4.42 Å². The van der Waals surface area contributed by atoms with Crippen molar-refractivity contribution in [2.75, 3.05) is 0 Å². The molecule has 6 nitrogen and oxygen atoms in total. The molecular formula is C20H29ClN4O2. The van der Waals surface area contributed by atoms with Crippen molar-refractivity contribution in [2.45, 2.75) is 94.1 Å². The second-order valence-corrected chi connectivity index (χ2v) is 9.67. The lowest BCUT2D eigenvalue weighted by Gasteiger charge is -2.60. The van der Waals surface area contributed by atoms with E-state index in [4.69, 9.17) is 16.0 Å². The molecule has 7 heteroatoms. The number of piperidine rings is 1. The van der Waals surface area contributed by atoms with E-state index in [1.807, 2.05) is 11.8 Å². The molecule has 1 aliphatic heterocycles. The number of hydrogen-bond acceptors (Lipinski definition) is 4. The van der Waals surface area contributed by atoms with Crippen LogP contribution in [0.2, 0.25) is 0 Å². The molecule has 1 aromatic heterocycles. The van der Waals surface area contributed by atoms with Gasteiger partial charge < -0.3 is 14.6 Å². The summed E-state index contributed by atoms with van der Waals surface area (Å²) in [5.74, 6) is 2.51. The summed E-state index contributed by atoms with van der Waals surface area (Å²) in [6, 6.07) is 0.589. The SMILES string of the molecule is Cc1nnc(C23CCCC(C2)N3C(=O)NC2CCC(Cl)C(C3CCC3)C2)o1. The molecule has 0 spiro atoms. The van der Waals surface area contributed by atoms with E-state index in [1.54, 1.807) is 0 Å². The summed E-state index contributed by atoms with van der Waals surface area (Å²) in [4.78, 5) is 15.2. The van der Waals surface area contributed by atoms with Crippen LogP contribution in [0.4, 0.5) is 4.79 Å². The van der Waals surface area contributed by atoms with Crippen LogP contribution in [-0.2, 0) is 5.54 Å². The monoisotopic (exact) mass is 392 g/mol. The highest BCUT2D eigenvalue weighted by atomic mass is 35.5. The second kappa shape index (κ2) is 6.64. The quantitative estimate of drug-likeness (QED) is 0.785. The molecular weight excluding hydrogens is 364 g/mol. The Hall–Kier alpha value is -1.30. The molecule has 27 heavy (non-hydrogen) atoms. The first-order valence-corrected chi connectivity index (χ1v) is 11.0. The van der Waals surface area contributed by atoms with Gasteiger partial charge in [-0.1, -0.05) is 19.3 Å². The molecule has 3 saturated carbocycles. The molecule has 5 unspecified atom stereocenters. The van der Waals surface area contributed by atoms with Crippen molar-refractivity contribution in [2.24, 2.45) is 11.8 Å². The van der Waals surface area contributed by atoms with Gasteiger partial charge in [-0.2, -0.15) is 0 Å². The Balaban J connectivity index is 1.29. The Morgan fingerprint density at radius 1 is 1.22 bits per heavy atom. The third kappa shape index (κ3) is 2.86. The van der Waals surface area contributed by atoms with Gasteiger partial charge in [0, 0.05) is 30.8 Å². The first-order chi connectivity index (χ1) is 13.1. The van der Waals surface area contributed by atoms with Crippen LogP contribution >= 0.6 is 11.6 Å². The maximum Gasteiger partial charge on any atom is 0.318 e. The predicted molar refractivity (Wildman–Crippen MR) is 101 cm³/mol. The molecule has 148 valence electrons. The Labute approximate surface area is 165 Å². The van der Waals surface area contributed by atoms with Gasteiger partial charge in [0.05, 0.1) is 0 Å². The first-order valence-electron chi connectivity index (χ1n) is 10.6. The fourth-order valence-electron chi connectivity index (χ4n) is 5.94. The van der Waals surface area contributed by atoms with E-state index in [0.717, 1.165) is 50.9 Å². The average Bonchev–Trinajstić information content (AvgIpc) is 3.03. The highest BCUT2D eigenvalue weighted by molar-refractivity contribution is 6.20. The number of fused-ring (bicyclic) bond motifs is 2. The van der Waals surface area contributed by atoms with Gasteiger partial charge in [0.25, 0.3) is 0 Å². The van der Waals surface area contributed by atoms with Crippen molar-refractivity contribution >= 4 is 17.6 Å². The maximum absolute atomic E-state index is 13.2. The van der Waals surface area contributed by atoms with Crippen molar-refractivity contribution in [1.82, 2.24) is 20.4 Å². The standard InChI is InChI=1S/C20H29ClN4O2/c1-12-23-24-18(27-12)20-9-3-6-15(11-20)25(20)19(26)22-14-7-8-17(21)16(10-14)13-4-2-5-13/h13-17H,2-11H2,1H3,(H,22,26). The van der Waals surface area contributed by atoms with Crippen LogP contribution in [-0.4, -0.2) is 38.6 Å². The number of aromatic nitrogens is 2. The van der Waals surface area contributed by atoms with Gasteiger partial charge >= 0.3 is 6.03 Å². The highest BCUT2D eigenvalue weighted by Crippen LogP contribution is 2.53. The van der Waals surface area contributed by atoms with Gasteiger partial charge in [-0.15, -0.1) is 21.8 Å². The topological polar surface area (TPSA) is 71.3 Å². The number of aryl methyl sites for hydroxylation is 1. The van der Waals surface area contributed by atoms with Crippen LogP contribution in [0.1, 0.15) is 76.0 Å². The number of nitrogens with one attached hydrogen (secondary N) is 1. The van der Waals surface area contributed by atoms with Gasteiger partial charge in [-0.3, -0.25) is 0 Å². The zero-order valence-corrected chi connectivity index (χ0v) is 16.7. The van der Waals surface area contributed by atoms with Gasteiger partial charge in [0.1, 0.15) is 5.54 Å². The molecule has 4 aliphatic rings. The molecule has 4 fully saturated rings. The summed E-state index contributed by atoms with van der Waals surface area (Å²) >= 11 is 6.62. The number of alkyl halides is 1. The average molecular weight is 393 g/mol. The zero-order chi connectivity index (χ0) is 18.6. The Bertz CT molecular complexity index is 715. The van der Waals surface area contributed by atoms with Crippen LogP contribution in [0.5, 0.6) is 0 Å². The molecule has 2 heterocycles. The van der Waals surface area contributed by atoms with E-state index in [0.29, 0.717) is 23.7 Å². The number of rotatable bonds is 3. The smallest absolute Gasteiger partial charge is 0.318 e. The molecule has 2 bridgehead atoms. The van der Waals surface area contributed by atoms with E-state index < -0.39 is 0 Å². The molecule has 3 aliphatic carbocycles. The third-order valence-corrected chi connectivity index (χ3v) is 8.11. The van der Waals surface area contributed by atoms with Crippen molar-refractivity contribution in [1.29, 1.82) is 0 Å². The van der Waals surface area contributed by atoms with Crippen LogP contribution in [0.3, 0.4) is 0 Å². The lowest BCUT2D eigenvalue weighted by Crippen LogP contribution is -2.70. The van der Waals surface area contributed by atoms with Gasteiger partial charge in [-0.25, -0.2) is 4.79 Å². The van der Waals surface area contributed by atoms with Crippen LogP contribution in [0, 0.1) is 18.8 Å². The Kier molecular flexibility index (Phi) is 4.37. The van der Waals surface area contributed by atoms with Gasteiger partial charge in [-0.05, 0) is 50.4 Å². The number of carbonyl (C=O) groups excluding carboxylic acids is 1. The molecule has 1 N–H and O–H groups in total. The molecule has 0 aromatic carbocycles. The maximum atomic E-state index is 13.2. The van der Waals surface area contributed by atoms with E-state index in [-0.39, 0.29) is 23.0 Å². The zero-order valence-electron chi connectivity index (χ0n) is 16.0. The molecule has 5 rings (SSSR count). The Morgan fingerprint density at radius 3 is 2.74 bits per heavy atom. The third-order valence-electron chi connectivity index (χ3n) is 7.57. The number of hydrogen-bond donors (Lipinski definition) is 1. The molecule has 5 atom stereocenters. The summed E-state index contributed by atoms with van der Waals surface area (Å²) in [7, 11) is 0. The number of halogens is 1. The minimum atomic E-state index is -0.384. The number of nitrogens with zero attached hydrogens (tertiary/aromatic N) is 3. The fourth-order valence-corrected chi connectivity index (χ4v) is 6.38. The number of likely N-dealkylation sites (tertiary alicyclic amines) is 1. The summed E-state index contributed by atoms with van der Waals surface area (Å²) < 4.78 is 5.76. The van der Waals surface area contributed by atoms with Gasteiger partial charge in [0.15, 0.2) is 0 Å². The summed E-state index contributed by atoms with van der Waals surface area (Å²) in [5, 5.41) is 11.9.